The van der Waals surface area contributed by atoms with E-state index in [1.54, 1.807) is 4.90 Å². The van der Waals surface area contributed by atoms with Gasteiger partial charge in [0.15, 0.2) is 0 Å². The molecular weight excluding hydrogens is 312 g/mol. The molecule has 0 amide bonds. The second-order valence-electron chi connectivity index (χ2n) is 5.89. The van der Waals surface area contributed by atoms with E-state index in [2.05, 4.69) is 0 Å². The average Bonchev–Trinajstić information content (AvgIpc) is 2.48. The molecule has 1 saturated heterocycles. The molecule has 0 bridgehead atoms. The molecule has 1 aliphatic rings. The molecule has 0 spiro atoms. The first-order valence-electron chi connectivity index (χ1n) is 7.78. The summed E-state index contributed by atoms with van der Waals surface area (Å²) in [5.74, 6) is -1.47. The summed E-state index contributed by atoms with van der Waals surface area (Å²) >= 11 is 0. The maximum absolute atomic E-state index is 13.7. The number of piperazine rings is 1. The first-order valence-corrected chi connectivity index (χ1v) is 7.78. The lowest BCUT2D eigenvalue weighted by atomic mass is 10.1. The zero-order valence-corrected chi connectivity index (χ0v) is 13.1. The Morgan fingerprint density at radius 3 is 2.57 bits per heavy atom. The molecular formula is C16H22F4N2O. The summed E-state index contributed by atoms with van der Waals surface area (Å²) < 4.78 is 51.7. The van der Waals surface area contributed by atoms with Gasteiger partial charge < -0.3 is 5.11 Å². The van der Waals surface area contributed by atoms with Crippen LogP contribution in [0.15, 0.2) is 18.2 Å². The van der Waals surface area contributed by atoms with Gasteiger partial charge in [-0.3, -0.25) is 9.80 Å². The number of aliphatic hydroxyl groups excluding tert-OH is 1. The van der Waals surface area contributed by atoms with E-state index in [9.17, 15) is 22.7 Å². The standard InChI is InChI=1S/C16H22F4N2O/c1-2-12-8-21(5-6-22(12)10-16(19)20)9-15(23)13-4-3-11(17)7-14(13)18/h3-4,7,12,15-16,23H,2,5-6,8-10H2,1H3. The van der Waals surface area contributed by atoms with Gasteiger partial charge in [0.25, 0.3) is 6.43 Å². The molecule has 0 aliphatic carbocycles. The molecule has 1 N–H and O–H groups in total. The van der Waals surface area contributed by atoms with Gasteiger partial charge in [-0.15, -0.1) is 0 Å². The monoisotopic (exact) mass is 334 g/mol. The van der Waals surface area contributed by atoms with E-state index in [0.29, 0.717) is 19.6 Å². The topological polar surface area (TPSA) is 26.7 Å². The van der Waals surface area contributed by atoms with Crippen LogP contribution in [-0.2, 0) is 0 Å². The molecule has 0 saturated carbocycles. The molecule has 23 heavy (non-hydrogen) atoms. The van der Waals surface area contributed by atoms with Crippen LogP contribution in [0, 0.1) is 11.6 Å². The molecule has 0 aromatic heterocycles. The molecule has 2 unspecified atom stereocenters. The van der Waals surface area contributed by atoms with Gasteiger partial charge in [-0.2, -0.15) is 0 Å². The molecule has 0 radical (unpaired) electrons. The van der Waals surface area contributed by atoms with Gasteiger partial charge in [0.1, 0.15) is 11.6 Å². The molecule has 1 aromatic carbocycles. The highest BCUT2D eigenvalue weighted by atomic mass is 19.3. The molecule has 2 rings (SSSR count). The predicted octanol–water partition coefficient (Wildman–Crippen LogP) is 2.66. The Morgan fingerprint density at radius 2 is 1.96 bits per heavy atom. The maximum Gasteiger partial charge on any atom is 0.251 e. The molecule has 7 heteroatoms. The van der Waals surface area contributed by atoms with Crippen molar-refractivity contribution in [3.8, 4) is 0 Å². The Labute approximate surface area is 133 Å². The van der Waals surface area contributed by atoms with Crippen LogP contribution in [0.3, 0.4) is 0 Å². The largest absolute Gasteiger partial charge is 0.387 e. The minimum atomic E-state index is -2.37. The summed E-state index contributed by atoms with van der Waals surface area (Å²) in [6.07, 6.45) is -2.71. The fourth-order valence-corrected chi connectivity index (χ4v) is 3.04. The lowest BCUT2D eigenvalue weighted by Crippen LogP contribution is -2.54. The number of benzene rings is 1. The van der Waals surface area contributed by atoms with E-state index >= 15 is 0 Å². The number of alkyl halides is 2. The van der Waals surface area contributed by atoms with Gasteiger partial charge in [-0.05, 0) is 12.5 Å². The van der Waals surface area contributed by atoms with Crippen LogP contribution in [0.2, 0.25) is 0 Å². The van der Waals surface area contributed by atoms with Gasteiger partial charge in [0.2, 0.25) is 0 Å². The van der Waals surface area contributed by atoms with E-state index in [1.165, 1.54) is 6.07 Å². The second kappa shape index (κ2) is 8.08. The summed E-state index contributed by atoms with van der Waals surface area (Å²) in [7, 11) is 0. The molecule has 1 aromatic rings. The third kappa shape index (κ3) is 4.89. The molecule has 2 atom stereocenters. The third-order valence-electron chi connectivity index (χ3n) is 4.29. The van der Waals surface area contributed by atoms with E-state index in [4.69, 9.17) is 0 Å². The zero-order chi connectivity index (χ0) is 17.0. The molecule has 1 fully saturated rings. The van der Waals surface area contributed by atoms with Crippen LogP contribution >= 0.6 is 0 Å². The number of nitrogens with zero attached hydrogens (tertiary/aromatic N) is 2. The SMILES string of the molecule is CCC1CN(CC(O)c2ccc(F)cc2F)CCN1CC(F)F. The van der Waals surface area contributed by atoms with E-state index in [0.717, 1.165) is 18.6 Å². The Balaban J connectivity index is 1.95. The van der Waals surface area contributed by atoms with Gasteiger partial charge >= 0.3 is 0 Å². The average molecular weight is 334 g/mol. The van der Waals surface area contributed by atoms with Crippen LogP contribution in [0.5, 0.6) is 0 Å². The Morgan fingerprint density at radius 1 is 1.22 bits per heavy atom. The van der Waals surface area contributed by atoms with Crippen LogP contribution < -0.4 is 0 Å². The highest BCUT2D eigenvalue weighted by Crippen LogP contribution is 2.21. The van der Waals surface area contributed by atoms with Gasteiger partial charge in [-0.1, -0.05) is 13.0 Å². The van der Waals surface area contributed by atoms with Gasteiger partial charge in [0, 0.05) is 43.9 Å². The summed E-state index contributed by atoms with van der Waals surface area (Å²) in [5, 5.41) is 10.2. The molecule has 1 aliphatic heterocycles. The molecule has 130 valence electrons. The number of hydrogen-bond acceptors (Lipinski definition) is 3. The normalized spacial score (nSPS) is 21.8. The summed E-state index contributed by atoms with van der Waals surface area (Å²) in [6, 6.07) is 3.08. The van der Waals surface area contributed by atoms with E-state index < -0.39 is 24.2 Å². The van der Waals surface area contributed by atoms with Crippen molar-refractivity contribution in [3.63, 3.8) is 0 Å². The Kier molecular flexibility index (Phi) is 6.38. The van der Waals surface area contributed by atoms with Crippen molar-refractivity contribution in [1.29, 1.82) is 0 Å². The third-order valence-corrected chi connectivity index (χ3v) is 4.29. The molecule has 3 nitrogen and oxygen atoms in total. The smallest absolute Gasteiger partial charge is 0.251 e. The minimum Gasteiger partial charge on any atom is -0.387 e. The van der Waals surface area contributed by atoms with Crippen LogP contribution in [0.1, 0.15) is 25.0 Å². The Bertz CT molecular complexity index is 515. The maximum atomic E-state index is 13.7. The van der Waals surface area contributed by atoms with Crippen LogP contribution in [0.25, 0.3) is 0 Å². The number of β-amino-alcohol motifs (C(OH)–C–C–N with tert-alkyl or cyclic N) is 1. The second-order valence-corrected chi connectivity index (χ2v) is 5.89. The first kappa shape index (κ1) is 18.2. The Hall–Kier alpha value is -1.18. The fourth-order valence-electron chi connectivity index (χ4n) is 3.04. The summed E-state index contributed by atoms with van der Waals surface area (Å²) in [4.78, 5) is 3.69. The van der Waals surface area contributed by atoms with Crippen LogP contribution in [0.4, 0.5) is 17.6 Å². The summed E-state index contributed by atoms with van der Waals surface area (Å²) in [5.41, 5.74) is 0.0504. The molecule has 1 heterocycles. The van der Waals surface area contributed by atoms with E-state index in [1.807, 2.05) is 11.8 Å². The number of hydrogen-bond donors (Lipinski definition) is 1. The van der Waals surface area contributed by atoms with Crippen molar-refractivity contribution in [2.24, 2.45) is 0 Å². The van der Waals surface area contributed by atoms with Gasteiger partial charge in [0.05, 0.1) is 12.6 Å². The number of halogens is 4. The number of rotatable bonds is 6. The number of aliphatic hydroxyl groups is 1. The quantitative estimate of drug-likeness (QED) is 0.811. The minimum absolute atomic E-state index is 0.0111. The first-order chi connectivity index (χ1) is 10.9. The lowest BCUT2D eigenvalue weighted by molar-refractivity contribution is 0.00443. The van der Waals surface area contributed by atoms with Crippen molar-refractivity contribution in [2.75, 3.05) is 32.7 Å². The highest BCUT2D eigenvalue weighted by molar-refractivity contribution is 5.21. The van der Waals surface area contributed by atoms with Crippen molar-refractivity contribution >= 4 is 0 Å². The van der Waals surface area contributed by atoms with Crippen molar-refractivity contribution in [3.05, 3.63) is 35.4 Å². The van der Waals surface area contributed by atoms with Gasteiger partial charge in [-0.25, -0.2) is 17.6 Å². The summed E-state index contributed by atoms with van der Waals surface area (Å²) in [6.45, 7) is 3.44. The highest BCUT2D eigenvalue weighted by Gasteiger charge is 2.29. The van der Waals surface area contributed by atoms with Crippen LogP contribution in [-0.4, -0.2) is 60.1 Å². The van der Waals surface area contributed by atoms with Crippen molar-refractivity contribution in [1.82, 2.24) is 9.80 Å². The van der Waals surface area contributed by atoms with Crippen molar-refractivity contribution < 1.29 is 22.7 Å². The lowest BCUT2D eigenvalue weighted by Gasteiger charge is -2.41. The fraction of sp³-hybridized carbons (Fsp3) is 0.625. The van der Waals surface area contributed by atoms with E-state index in [-0.39, 0.29) is 24.7 Å². The van der Waals surface area contributed by atoms with Crippen molar-refractivity contribution in [2.45, 2.75) is 31.9 Å². The zero-order valence-electron chi connectivity index (χ0n) is 13.1. The predicted molar refractivity (Wildman–Crippen MR) is 79.4 cm³/mol.